The van der Waals surface area contributed by atoms with Gasteiger partial charge in [-0.25, -0.2) is 0 Å². The summed E-state index contributed by atoms with van der Waals surface area (Å²) >= 11 is 5.95. The standard InChI is InChI=1S/C18H20ClNO/c1-12(13-5-7-15(19)8-6-13)20-18-4-2-3-14-11-16(21)9-10-17(14)18/h5-12,18,20-21H,2-4H2,1H3/t12-,18?/m0/s1. The van der Waals surface area contributed by atoms with E-state index >= 15 is 0 Å². The summed E-state index contributed by atoms with van der Waals surface area (Å²) in [7, 11) is 0. The molecule has 0 bridgehead atoms. The topological polar surface area (TPSA) is 32.3 Å². The molecule has 3 heteroatoms. The second-order valence-electron chi connectivity index (χ2n) is 5.77. The van der Waals surface area contributed by atoms with Gasteiger partial charge >= 0.3 is 0 Å². The minimum Gasteiger partial charge on any atom is -0.508 e. The van der Waals surface area contributed by atoms with Gasteiger partial charge in [0.15, 0.2) is 0 Å². The summed E-state index contributed by atoms with van der Waals surface area (Å²) in [5.41, 5.74) is 3.83. The fraction of sp³-hybridized carbons (Fsp3) is 0.333. The van der Waals surface area contributed by atoms with E-state index in [-0.39, 0.29) is 6.04 Å². The normalized spacial score (nSPS) is 19.0. The summed E-state index contributed by atoms with van der Waals surface area (Å²) in [6.07, 6.45) is 3.34. The second kappa shape index (κ2) is 6.08. The lowest BCUT2D eigenvalue weighted by atomic mass is 9.87. The molecule has 0 radical (unpaired) electrons. The van der Waals surface area contributed by atoms with Crippen LogP contribution in [0.1, 0.15) is 48.5 Å². The molecule has 0 spiro atoms. The Hall–Kier alpha value is -1.51. The molecule has 3 rings (SSSR count). The number of hydrogen-bond donors (Lipinski definition) is 2. The fourth-order valence-electron chi connectivity index (χ4n) is 3.12. The monoisotopic (exact) mass is 301 g/mol. The molecule has 2 aromatic carbocycles. The number of aryl methyl sites for hydroxylation is 1. The molecule has 110 valence electrons. The van der Waals surface area contributed by atoms with Gasteiger partial charge in [0.05, 0.1) is 0 Å². The zero-order chi connectivity index (χ0) is 14.8. The SMILES string of the molecule is C[C@H](NC1CCCc2cc(O)ccc21)c1ccc(Cl)cc1. The fourth-order valence-corrected chi connectivity index (χ4v) is 3.25. The summed E-state index contributed by atoms with van der Waals surface area (Å²) in [6, 6.07) is 14.4. The molecule has 1 aliphatic rings. The molecular weight excluding hydrogens is 282 g/mol. The lowest BCUT2D eigenvalue weighted by Gasteiger charge is -2.29. The number of phenols is 1. The maximum atomic E-state index is 9.63. The van der Waals surface area contributed by atoms with Gasteiger partial charge in [0.1, 0.15) is 5.75 Å². The van der Waals surface area contributed by atoms with Gasteiger partial charge < -0.3 is 10.4 Å². The van der Waals surface area contributed by atoms with Crippen LogP contribution in [-0.4, -0.2) is 5.11 Å². The molecule has 2 aromatic rings. The quantitative estimate of drug-likeness (QED) is 0.855. The first-order valence-electron chi connectivity index (χ1n) is 7.47. The molecular formula is C18H20ClNO. The van der Waals surface area contributed by atoms with Crippen molar-refractivity contribution in [3.63, 3.8) is 0 Å². The zero-order valence-electron chi connectivity index (χ0n) is 12.1. The van der Waals surface area contributed by atoms with Crippen LogP contribution in [0.2, 0.25) is 5.02 Å². The Balaban J connectivity index is 1.78. The van der Waals surface area contributed by atoms with Crippen LogP contribution in [0.4, 0.5) is 0 Å². The number of phenolic OH excluding ortho intramolecular Hbond substituents is 1. The van der Waals surface area contributed by atoms with Gasteiger partial charge in [0.2, 0.25) is 0 Å². The summed E-state index contributed by atoms with van der Waals surface area (Å²) < 4.78 is 0. The smallest absolute Gasteiger partial charge is 0.115 e. The van der Waals surface area contributed by atoms with Crippen molar-refractivity contribution >= 4 is 11.6 Å². The van der Waals surface area contributed by atoms with Crippen LogP contribution < -0.4 is 5.32 Å². The number of benzene rings is 2. The van der Waals surface area contributed by atoms with Crippen molar-refractivity contribution in [2.24, 2.45) is 0 Å². The van der Waals surface area contributed by atoms with E-state index in [2.05, 4.69) is 30.4 Å². The Bertz CT molecular complexity index is 624. The van der Waals surface area contributed by atoms with E-state index in [0.717, 1.165) is 24.3 Å². The van der Waals surface area contributed by atoms with Crippen LogP contribution in [0.15, 0.2) is 42.5 Å². The second-order valence-corrected chi connectivity index (χ2v) is 6.20. The molecule has 0 heterocycles. The van der Waals surface area contributed by atoms with Crippen molar-refractivity contribution in [2.45, 2.75) is 38.3 Å². The van der Waals surface area contributed by atoms with Gasteiger partial charge in [0.25, 0.3) is 0 Å². The zero-order valence-corrected chi connectivity index (χ0v) is 12.9. The highest BCUT2D eigenvalue weighted by Gasteiger charge is 2.22. The Kier molecular flexibility index (Phi) is 4.18. The van der Waals surface area contributed by atoms with E-state index in [4.69, 9.17) is 11.6 Å². The van der Waals surface area contributed by atoms with Crippen LogP contribution in [0.25, 0.3) is 0 Å². The van der Waals surface area contributed by atoms with Crippen molar-refractivity contribution in [2.75, 3.05) is 0 Å². The van der Waals surface area contributed by atoms with Crippen molar-refractivity contribution in [3.05, 3.63) is 64.2 Å². The maximum absolute atomic E-state index is 9.63. The van der Waals surface area contributed by atoms with E-state index in [9.17, 15) is 5.11 Å². The van der Waals surface area contributed by atoms with Gasteiger partial charge in [-0.05, 0) is 67.1 Å². The Morgan fingerprint density at radius 1 is 1.19 bits per heavy atom. The van der Waals surface area contributed by atoms with Gasteiger partial charge in [0, 0.05) is 17.1 Å². The predicted molar refractivity (Wildman–Crippen MR) is 86.8 cm³/mol. The van der Waals surface area contributed by atoms with Crippen LogP contribution >= 0.6 is 11.6 Å². The summed E-state index contributed by atoms with van der Waals surface area (Å²) in [5.74, 6) is 0.361. The van der Waals surface area contributed by atoms with E-state index < -0.39 is 0 Å². The van der Waals surface area contributed by atoms with Crippen LogP contribution in [0, 0.1) is 0 Å². The highest BCUT2D eigenvalue weighted by molar-refractivity contribution is 6.30. The Morgan fingerprint density at radius 3 is 2.71 bits per heavy atom. The number of aromatic hydroxyl groups is 1. The average Bonchev–Trinajstić information content (AvgIpc) is 2.47. The Labute approximate surface area is 130 Å². The number of fused-ring (bicyclic) bond motifs is 1. The minimum atomic E-state index is 0.270. The molecule has 21 heavy (non-hydrogen) atoms. The predicted octanol–water partition coefficient (Wildman–Crippen LogP) is 4.77. The van der Waals surface area contributed by atoms with Crippen molar-refractivity contribution in [1.29, 1.82) is 0 Å². The number of hydrogen-bond acceptors (Lipinski definition) is 2. The van der Waals surface area contributed by atoms with Gasteiger partial charge in [-0.15, -0.1) is 0 Å². The molecule has 0 amide bonds. The highest BCUT2D eigenvalue weighted by atomic mass is 35.5. The third kappa shape index (κ3) is 3.22. The summed E-state index contributed by atoms with van der Waals surface area (Å²) in [5, 5.41) is 14.1. The molecule has 2 atom stereocenters. The summed E-state index contributed by atoms with van der Waals surface area (Å²) in [6.45, 7) is 2.18. The van der Waals surface area contributed by atoms with Crippen molar-refractivity contribution in [1.82, 2.24) is 5.32 Å². The first-order chi connectivity index (χ1) is 10.1. The molecule has 1 aliphatic carbocycles. The molecule has 0 aliphatic heterocycles. The molecule has 0 fully saturated rings. The third-order valence-electron chi connectivity index (χ3n) is 4.26. The lowest BCUT2D eigenvalue weighted by Crippen LogP contribution is -2.27. The van der Waals surface area contributed by atoms with E-state index in [1.807, 2.05) is 18.2 Å². The van der Waals surface area contributed by atoms with Gasteiger partial charge in [-0.1, -0.05) is 29.8 Å². The molecule has 0 saturated carbocycles. The highest BCUT2D eigenvalue weighted by Crippen LogP contribution is 2.33. The lowest BCUT2D eigenvalue weighted by molar-refractivity contribution is 0.413. The summed E-state index contributed by atoms with van der Waals surface area (Å²) in [4.78, 5) is 0. The maximum Gasteiger partial charge on any atom is 0.115 e. The van der Waals surface area contributed by atoms with Gasteiger partial charge in [-0.3, -0.25) is 0 Å². The minimum absolute atomic E-state index is 0.270. The number of halogens is 1. The van der Waals surface area contributed by atoms with Crippen LogP contribution in [0.3, 0.4) is 0 Å². The molecule has 2 nitrogen and oxygen atoms in total. The van der Waals surface area contributed by atoms with E-state index in [1.54, 1.807) is 6.07 Å². The van der Waals surface area contributed by atoms with Crippen LogP contribution in [0.5, 0.6) is 5.75 Å². The first-order valence-corrected chi connectivity index (χ1v) is 7.84. The van der Waals surface area contributed by atoms with Crippen molar-refractivity contribution in [3.8, 4) is 5.75 Å². The number of rotatable bonds is 3. The van der Waals surface area contributed by atoms with E-state index in [1.165, 1.54) is 16.7 Å². The van der Waals surface area contributed by atoms with Crippen LogP contribution in [-0.2, 0) is 6.42 Å². The van der Waals surface area contributed by atoms with Gasteiger partial charge in [-0.2, -0.15) is 0 Å². The average molecular weight is 302 g/mol. The molecule has 0 saturated heterocycles. The molecule has 0 aromatic heterocycles. The number of nitrogens with one attached hydrogen (secondary N) is 1. The Morgan fingerprint density at radius 2 is 1.95 bits per heavy atom. The first kappa shape index (κ1) is 14.4. The van der Waals surface area contributed by atoms with E-state index in [0.29, 0.717) is 11.8 Å². The molecule has 2 N–H and O–H groups in total. The molecule has 1 unspecified atom stereocenters. The largest absolute Gasteiger partial charge is 0.508 e. The van der Waals surface area contributed by atoms with Crippen molar-refractivity contribution < 1.29 is 5.11 Å². The third-order valence-corrected chi connectivity index (χ3v) is 4.51.